The zero-order valence-electron chi connectivity index (χ0n) is 13.9. The van der Waals surface area contributed by atoms with E-state index >= 15 is 0 Å². The molecule has 0 radical (unpaired) electrons. The minimum absolute atomic E-state index is 0.0613. The molecule has 2 aromatic carbocycles. The quantitative estimate of drug-likeness (QED) is 0.722. The molecule has 2 aromatic rings. The van der Waals surface area contributed by atoms with E-state index in [0.717, 1.165) is 0 Å². The number of methoxy groups -OCH3 is 2. The maximum Gasteiger partial charge on any atom is 0.262 e. The highest BCUT2D eigenvalue weighted by Gasteiger charge is 2.18. The van der Waals surface area contributed by atoms with E-state index < -0.39 is 10.0 Å². The van der Waals surface area contributed by atoms with E-state index in [-0.39, 0.29) is 33.7 Å². The molecule has 1 amide bonds. The van der Waals surface area contributed by atoms with Crippen molar-refractivity contribution in [3.05, 3.63) is 36.4 Å². The van der Waals surface area contributed by atoms with Gasteiger partial charge < -0.3 is 19.9 Å². The van der Waals surface area contributed by atoms with Crippen molar-refractivity contribution in [3.63, 3.8) is 0 Å². The lowest BCUT2D eigenvalue weighted by Crippen LogP contribution is -2.14. The van der Waals surface area contributed by atoms with Crippen LogP contribution >= 0.6 is 0 Å². The molecule has 0 spiro atoms. The Hall–Kier alpha value is -2.94. The van der Waals surface area contributed by atoms with Crippen LogP contribution in [-0.4, -0.2) is 33.7 Å². The second-order valence-electron chi connectivity index (χ2n) is 5.04. The van der Waals surface area contributed by atoms with E-state index in [9.17, 15) is 18.3 Å². The fourth-order valence-electron chi connectivity index (χ4n) is 2.10. The zero-order chi connectivity index (χ0) is 18.6. The van der Waals surface area contributed by atoms with Gasteiger partial charge >= 0.3 is 0 Å². The van der Waals surface area contributed by atoms with Crippen LogP contribution in [-0.2, 0) is 14.8 Å². The number of hydrogen-bond donors (Lipinski definition) is 3. The van der Waals surface area contributed by atoms with Crippen molar-refractivity contribution >= 4 is 27.3 Å². The van der Waals surface area contributed by atoms with Crippen LogP contribution in [0.4, 0.5) is 11.4 Å². The Morgan fingerprint density at radius 3 is 2.28 bits per heavy atom. The van der Waals surface area contributed by atoms with Gasteiger partial charge in [0, 0.05) is 19.1 Å². The molecule has 0 atom stereocenters. The molecular weight excluding hydrogens is 348 g/mol. The van der Waals surface area contributed by atoms with Gasteiger partial charge in [-0.15, -0.1) is 0 Å². The maximum absolute atomic E-state index is 12.5. The summed E-state index contributed by atoms with van der Waals surface area (Å²) >= 11 is 0. The predicted molar refractivity (Wildman–Crippen MR) is 92.8 cm³/mol. The molecule has 134 valence electrons. The number of phenols is 1. The lowest BCUT2D eigenvalue weighted by atomic mass is 10.3. The number of aromatic hydroxyl groups is 1. The molecule has 0 aliphatic rings. The number of rotatable bonds is 6. The van der Waals surface area contributed by atoms with Crippen LogP contribution in [0.2, 0.25) is 0 Å². The number of phenolic OH excluding ortho intramolecular Hbond substituents is 1. The number of hydrogen-bond acceptors (Lipinski definition) is 6. The topological polar surface area (TPSA) is 114 Å². The first-order valence-electron chi connectivity index (χ1n) is 7.12. The largest absolute Gasteiger partial charge is 0.504 e. The van der Waals surface area contributed by atoms with E-state index in [1.54, 1.807) is 0 Å². The van der Waals surface area contributed by atoms with Gasteiger partial charge in [0.05, 0.1) is 30.5 Å². The first-order valence-corrected chi connectivity index (χ1v) is 8.60. The summed E-state index contributed by atoms with van der Waals surface area (Å²) < 4.78 is 37.4. The highest BCUT2D eigenvalue weighted by Crippen LogP contribution is 2.31. The summed E-state index contributed by atoms with van der Waals surface area (Å²) in [4.78, 5) is 11.1. The summed E-state index contributed by atoms with van der Waals surface area (Å²) in [5.41, 5.74) is 0.527. The maximum atomic E-state index is 12.5. The number of amides is 1. The van der Waals surface area contributed by atoms with Crippen molar-refractivity contribution in [1.29, 1.82) is 0 Å². The Morgan fingerprint density at radius 1 is 1.04 bits per heavy atom. The number of anilines is 2. The Morgan fingerprint density at radius 2 is 1.72 bits per heavy atom. The number of ether oxygens (including phenoxy) is 2. The highest BCUT2D eigenvalue weighted by atomic mass is 32.2. The van der Waals surface area contributed by atoms with E-state index in [0.29, 0.717) is 5.69 Å². The highest BCUT2D eigenvalue weighted by molar-refractivity contribution is 7.92. The third kappa shape index (κ3) is 4.32. The molecule has 3 N–H and O–H groups in total. The number of nitrogens with one attached hydrogen (secondary N) is 2. The molecule has 9 heteroatoms. The third-order valence-corrected chi connectivity index (χ3v) is 4.60. The summed E-state index contributed by atoms with van der Waals surface area (Å²) in [5, 5.41) is 12.3. The average Bonchev–Trinajstić information content (AvgIpc) is 2.54. The number of carbonyl (C=O) groups excluding carboxylic acids is 1. The van der Waals surface area contributed by atoms with Gasteiger partial charge in [-0.25, -0.2) is 8.42 Å². The second-order valence-corrected chi connectivity index (χ2v) is 6.72. The summed E-state index contributed by atoms with van der Waals surface area (Å²) in [6.45, 7) is 1.34. The number of carbonyl (C=O) groups is 1. The van der Waals surface area contributed by atoms with E-state index in [1.807, 2.05) is 0 Å². The number of benzene rings is 2. The summed E-state index contributed by atoms with van der Waals surface area (Å²) in [6.07, 6.45) is 0. The van der Waals surface area contributed by atoms with Gasteiger partial charge in [0.15, 0.2) is 11.5 Å². The number of sulfonamides is 1. The monoisotopic (exact) mass is 366 g/mol. The second kappa shape index (κ2) is 7.31. The Balaban J connectivity index is 2.33. The van der Waals surface area contributed by atoms with E-state index in [1.165, 1.54) is 57.5 Å². The van der Waals surface area contributed by atoms with Crippen molar-refractivity contribution in [1.82, 2.24) is 0 Å². The standard InChI is InChI=1S/C16H18N2O6S/c1-10(19)17-13-6-5-12(9-16(13)24-3)25(21,22)18-11-4-7-15(23-2)14(20)8-11/h4-9,18,20H,1-3H3,(H,17,19). The van der Waals surface area contributed by atoms with Gasteiger partial charge in [0.2, 0.25) is 5.91 Å². The van der Waals surface area contributed by atoms with E-state index in [2.05, 4.69) is 10.0 Å². The molecule has 0 unspecified atom stereocenters. The van der Waals surface area contributed by atoms with Crippen molar-refractivity contribution in [3.8, 4) is 17.2 Å². The first-order chi connectivity index (χ1) is 11.8. The molecule has 0 bridgehead atoms. The smallest absolute Gasteiger partial charge is 0.262 e. The minimum Gasteiger partial charge on any atom is -0.504 e. The zero-order valence-corrected chi connectivity index (χ0v) is 14.7. The van der Waals surface area contributed by atoms with Gasteiger partial charge in [0.25, 0.3) is 10.0 Å². The van der Waals surface area contributed by atoms with Crippen LogP contribution in [0.15, 0.2) is 41.3 Å². The van der Waals surface area contributed by atoms with Crippen LogP contribution in [0.3, 0.4) is 0 Å². The lowest BCUT2D eigenvalue weighted by molar-refractivity contribution is -0.114. The minimum atomic E-state index is -3.92. The SMILES string of the molecule is COc1ccc(NS(=O)(=O)c2ccc(NC(C)=O)c(OC)c2)cc1O. The van der Waals surface area contributed by atoms with Gasteiger partial charge in [0.1, 0.15) is 5.75 Å². The van der Waals surface area contributed by atoms with Crippen LogP contribution in [0.5, 0.6) is 17.2 Å². The van der Waals surface area contributed by atoms with Crippen LogP contribution in [0.1, 0.15) is 6.92 Å². The Labute approximate surface area is 145 Å². The molecule has 0 aromatic heterocycles. The molecule has 0 aliphatic carbocycles. The lowest BCUT2D eigenvalue weighted by Gasteiger charge is -2.13. The fourth-order valence-corrected chi connectivity index (χ4v) is 3.16. The Bertz CT molecular complexity index is 895. The van der Waals surface area contributed by atoms with Gasteiger partial charge in [-0.1, -0.05) is 0 Å². The summed E-state index contributed by atoms with van der Waals surface area (Å²) in [6, 6.07) is 8.18. The molecule has 0 saturated heterocycles. The van der Waals surface area contributed by atoms with Crippen molar-refractivity contribution < 1.29 is 27.8 Å². The summed E-state index contributed by atoms with van der Waals surface area (Å²) in [5.74, 6) is -0.0676. The molecular formula is C16H18N2O6S. The van der Waals surface area contributed by atoms with Gasteiger partial charge in [-0.05, 0) is 24.3 Å². The first kappa shape index (κ1) is 18.4. The van der Waals surface area contributed by atoms with Crippen molar-refractivity contribution in [2.45, 2.75) is 11.8 Å². The van der Waals surface area contributed by atoms with Crippen molar-refractivity contribution in [2.75, 3.05) is 24.3 Å². The molecule has 2 rings (SSSR count). The predicted octanol–water partition coefficient (Wildman–Crippen LogP) is 2.17. The normalized spacial score (nSPS) is 10.8. The van der Waals surface area contributed by atoms with Crippen molar-refractivity contribution in [2.24, 2.45) is 0 Å². The third-order valence-electron chi connectivity index (χ3n) is 3.23. The molecule has 0 fully saturated rings. The van der Waals surface area contributed by atoms with Crippen LogP contribution < -0.4 is 19.5 Å². The fraction of sp³-hybridized carbons (Fsp3) is 0.188. The van der Waals surface area contributed by atoms with Gasteiger partial charge in [-0.3, -0.25) is 9.52 Å². The van der Waals surface area contributed by atoms with Crippen LogP contribution in [0.25, 0.3) is 0 Å². The van der Waals surface area contributed by atoms with Crippen LogP contribution in [0, 0.1) is 0 Å². The Kier molecular flexibility index (Phi) is 5.38. The molecule has 0 saturated carbocycles. The van der Waals surface area contributed by atoms with E-state index in [4.69, 9.17) is 9.47 Å². The summed E-state index contributed by atoms with van der Waals surface area (Å²) in [7, 11) is -1.16. The molecule has 0 heterocycles. The van der Waals surface area contributed by atoms with Gasteiger partial charge in [-0.2, -0.15) is 0 Å². The average molecular weight is 366 g/mol. The molecule has 25 heavy (non-hydrogen) atoms. The molecule has 0 aliphatic heterocycles. The molecule has 8 nitrogen and oxygen atoms in total.